The van der Waals surface area contributed by atoms with Gasteiger partial charge in [-0.1, -0.05) is 12.8 Å². The molecule has 14 nitrogen and oxygen atoms in total. The molecule has 4 rings (SSSR count). The number of halogens is 1. The summed E-state index contributed by atoms with van der Waals surface area (Å²) < 4.78 is 49.7. The summed E-state index contributed by atoms with van der Waals surface area (Å²) >= 11 is 6.17. The number of hydrogen-bond acceptors (Lipinski definition) is 10. The van der Waals surface area contributed by atoms with Gasteiger partial charge in [0.25, 0.3) is 0 Å². The van der Waals surface area contributed by atoms with Crippen LogP contribution in [-0.2, 0) is 24.1 Å². The fourth-order valence-corrected chi connectivity index (χ4v) is 5.78. The maximum Gasteiger partial charge on any atom is 0.358 e. The number of fused-ring (bicyclic) bond motifs is 1. The van der Waals surface area contributed by atoms with E-state index in [2.05, 4.69) is 15.3 Å². The minimum Gasteiger partial charge on any atom is -0.387 e. The number of nitrogens with one attached hydrogen (secondary N) is 2. The Labute approximate surface area is 218 Å². The molecule has 37 heavy (non-hydrogen) atoms. The molecule has 0 bridgehead atoms. The first-order valence-electron chi connectivity index (χ1n) is 11.6. The Morgan fingerprint density at radius 1 is 1.27 bits per heavy atom. The van der Waals surface area contributed by atoms with Crippen molar-refractivity contribution in [2.24, 2.45) is 0 Å². The summed E-state index contributed by atoms with van der Waals surface area (Å²) in [4.78, 5) is 28.1. The van der Waals surface area contributed by atoms with Gasteiger partial charge in [0.2, 0.25) is 15.3 Å². The van der Waals surface area contributed by atoms with Crippen LogP contribution in [0.5, 0.6) is 0 Å². The summed E-state index contributed by atoms with van der Waals surface area (Å²) in [6, 6.07) is 1.99. The lowest BCUT2D eigenvalue weighted by atomic mass is 10.1. The lowest BCUT2D eigenvalue weighted by molar-refractivity contribution is -0.0903. The van der Waals surface area contributed by atoms with Crippen molar-refractivity contribution >= 4 is 46.1 Å². The van der Waals surface area contributed by atoms with Crippen LogP contribution in [0.4, 0.5) is 5.82 Å². The van der Waals surface area contributed by atoms with Crippen molar-refractivity contribution in [3.63, 3.8) is 0 Å². The van der Waals surface area contributed by atoms with Crippen molar-refractivity contribution in [2.75, 3.05) is 24.7 Å². The number of nitrogens with zero attached hydrogens (tertiary/aromatic N) is 3. The van der Waals surface area contributed by atoms with Crippen LogP contribution in [0.15, 0.2) is 12.3 Å². The minimum absolute atomic E-state index is 0.0170. The standard InChI is InChI=1S/C20H31ClN5O9PS/c1-20(36(29,30)31,10-22-37(2,32)33)34-9-13-14(27)15(28)18(35-13)26-8-7-12-16(23-11-5-3-4-6-11)24-19(21)25-17(12)26/h7-8,11,13-15,18,22,27-28H,3-6,9-10H2,1-2H3,(H,23,24,25)(H2,29,30,31)/t13-,14-,15-,18-,20?/m1/s1. The van der Waals surface area contributed by atoms with Gasteiger partial charge in [-0.05, 0) is 37.4 Å². The minimum atomic E-state index is -4.98. The molecule has 1 aliphatic heterocycles. The highest BCUT2D eigenvalue weighted by Crippen LogP contribution is 2.51. The van der Waals surface area contributed by atoms with Crippen LogP contribution in [0.3, 0.4) is 0 Å². The van der Waals surface area contributed by atoms with Crippen molar-refractivity contribution in [1.29, 1.82) is 0 Å². The average molecular weight is 584 g/mol. The van der Waals surface area contributed by atoms with Crippen LogP contribution in [0.25, 0.3) is 11.0 Å². The van der Waals surface area contributed by atoms with E-state index in [4.69, 9.17) is 21.1 Å². The Morgan fingerprint density at radius 2 is 1.95 bits per heavy atom. The highest BCUT2D eigenvalue weighted by Gasteiger charge is 2.49. The second-order valence-corrected chi connectivity index (χ2v) is 13.8. The SMILES string of the molecule is CC(CNS(C)(=O)=O)(OC[C@H]1O[C@@H](n2ccc3c(NC4CCCC4)nc(Cl)nc32)[C@H](O)[C@@H]1O)P(=O)(O)O. The van der Waals surface area contributed by atoms with Gasteiger partial charge in [0.15, 0.2) is 11.6 Å². The maximum absolute atomic E-state index is 12.1. The van der Waals surface area contributed by atoms with E-state index in [1.54, 1.807) is 12.3 Å². The van der Waals surface area contributed by atoms with E-state index in [1.165, 1.54) is 4.57 Å². The molecule has 208 valence electrons. The summed E-state index contributed by atoms with van der Waals surface area (Å²) in [5, 5.41) is 23.1. The molecule has 0 amide bonds. The zero-order chi connectivity index (χ0) is 27.2. The van der Waals surface area contributed by atoms with E-state index in [0.29, 0.717) is 16.9 Å². The summed E-state index contributed by atoms with van der Waals surface area (Å²) in [5.74, 6) is 0.546. The molecule has 2 aliphatic rings. The van der Waals surface area contributed by atoms with Crippen molar-refractivity contribution in [1.82, 2.24) is 19.3 Å². The number of anilines is 1. The van der Waals surface area contributed by atoms with Crippen LogP contribution in [0.2, 0.25) is 5.28 Å². The van der Waals surface area contributed by atoms with E-state index >= 15 is 0 Å². The number of sulfonamides is 1. The third-order valence-electron chi connectivity index (χ3n) is 6.69. The molecule has 2 aromatic heterocycles. The summed E-state index contributed by atoms with van der Waals surface area (Å²) in [6.07, 6.45) is 1.45. The van der Waals surface area contributed by atoms with E-state index in [9.17, 15) is 33.0 Å². The molecule has 0 spiro atoms. The van der Waals surface area contributed by atoms with Gasteiger partial charge in [-0.15, -0.1) is 0 Å². The van der Waals surface area contributed by atoms with Gasteiger partial charge < -0.3 is 39.4 Å². The zero-order valence-electron chi connectivity index (χ0n) is 20.2. The van der Waals surface area contributed by atoms with E-state index in [0.717, 1.165) is 38.9 Å². The Hall–Kier alpha value is -1.39. The molecule has 1 unspecified atom stereocenters. The van der Waals surface area contributed by atoms with E-state index < -0.39 is 60.7 Å². The summed E-state index contributed by atoms with van der Waals surface area (Å²) in [6.45, 7) is -0.233. The van der Waals surface area contributed by atoms with E-state index in [1.807, 2.05) is 4.72 Å². The Balaban J connectivity index is 1.53. The first kappa shape index (κ1) is 28.6. The summed E-state index contributed by atoms with van der Waals surface area (Å²) in [5.41, 5.74) is 0.357. The fraction of sp³-hybridized carbons (Fsp3) is 0.700. The zero-order valence-corrected chi connectivity index (χ0v) is 22.7. The Kier molecular flexibility index (Phi) is 8.23. The molecule has 0 aromatic carbocycles. The van der Waals surface area contributed by atoms with Crippen molar-refractivity contribution in [3.05, 3.63) is 17.5 Å². The lowest BCUT2D eigenvalue weighted by Gasteiger charge is -2.31. The van der Waals surface area contributed by atoms with Crippen LogP contribution in [0.1, 0.15) is 38.8 Å². The van der Waals surface area contributed by atoms with Crippen molar-refractivity contribution < 1.29 is 42.5 Å². The van der Waals surface area contributed by atoms with Gasteiger partial charge in [-0.3, -0.25) is 4.57 Å². The smallest absolute Gasteiger partial charge is 0.358 e. The van der Waals surface area contributed by atoms with Crippen LogP contribution in [0, 0.1) is 0 Å². The third kappa shape index (κ3) is 6.27. The molecule has 5 atom stereocenters. The molecule has 2 aromatic rings. The Morgan fingerprint density at radius 3 is 2.57 bits per heavy atom. The molecule has 1 saturated carbocycles. The second-order valence-electron chi connectivity index (χ2n) is 9.60. The average Bonchev–Trinajstić information content (AvgIpc) is 3.51. The van der Waals surface area contributed by atoms with Gasteiger partial charge in [0.05, 0.1) is 24.8 Å². The number of aromatic nitrogens is 3. The molecular weight excluding hydrogens is 553 g/mol. The summed E-state index contributed by atoms with van der Waals surface area (Å²) in [7, 11) is -8.75. The number of ether oxygens (including phenoxy) is 2. The monoisotopic (exact) mass is 583 g/mol. The fourth-order valence-electron chi connectivity index (χ4n) is 4.45. The van der Waals surface area contributed by atoms with Gasteiger partial charge in [0, 0.05) is 12.2 Å². The highest BCUT2D eigenvalue weighted by molar-refractivity contribution is 7.88. The quantitative estimate of drug-likeness (QED) is 0.167. The number of rotatable bonds is 10. The highest BCUT2D eigenvalue weighted by atomic mass is 35.5. The number of hydrogen-bond donors (Lipinski definition) is 6. The van der Waals surface area contributed by atoms with Crippen molar-refractivity contribution in [2.45, 2.75) is 68.5 Å². The number of aliphatic hydroxyl groups excluding tert-OH is 2. The first-order valence-corrected chi connectivity index (χ1v) is 15.5. The largest absolute Gasteiger partial charge is 0.387 e. The predicted octanol–water partition coefficient (Wildman–Crippen LogP) is 0.518. The molecular formula is C20H31ClN5O9PS. The first-order chi connectivity index (χ1) is 17.2. The van der Waals surface area contributed by atoms with Crippen LogP contribution in [-0.4, -0.2) is 92.1 Å². The van der Waals surface area contributed by atoms with Crippen LogP contribution >= 0.6 is 19.2 Å². The second kappa shape index (κ2) is 10.6. The molecule has 1 aliphatic carbocycles. The third-order valence-corrected chi connectivity index (χ3v) is 9.05. The van der Waals surface area contributed by atoms with Gasteiger partial charge >= 0.3 is 7.60 Å². The van der Waals surface area contributed by atoms with Gasteiger partial charge in [-0.25, -0.2) is 18.1 Å². The predicted molar refractivity (Wildman–Crippen MR) is 134 cm³/mol. The normalized spacial score (nSPS) is 27.1. The molecule has 0 radical (unpaired) electrons. The molecule has 17 heteroatoms. The van der Waals surface area contributed by atoms with Gasteiger partial charge in [0.1, 0.15) is 29.8 Å². The molecule has 1 saturated heterocycles. The molecule has 2 fully saturated rings. The lowest BCUT2D eigenvalue weighted by Crippen LogP contribution is -2.45. The van der Waals surface area contributed by atoms with Gasteiger partial charge in [-0.2, -0.15) is 4.98 Å². The van der Waals surface area contributed by atoms with E-state index in [-0.39, 0.29) is 11.3 Å². The molecule has 3 heterocycles. The van der Waals surface area contributed by atoms with Crippen molar-refractivity contribution in [3.8, 4) is 0 Å². The maximum atomic E-state index is 12.1. The Bertz CT molecular complexity index is 1280. The topological polar surface area (TPSA) is 205 Å². The number of aliphatic hydroxyl groups is 2. The molecule has 6 N–H and O–H groups in total. The van der Waals surface area contributed by atoms with Crippen LogP contribution < -0.4 is 10.0 Å².